The maximum atomic E-state index is 12.2. The van der Waals surface area contributed by atoms with Gasteiger partial charge in [-0.1, -0.05) is 39.3 Å². The van der Waals surface area contributed by atoms with Gasteiger partial charge in [-0.25, -0.2) is 9.69 Å². The number of anilines is 1. The second-order valence-corrected chi connectivity index (χ2v) is 6.46. The molecule has 0 spiro atoms. The highest BCUT2D eigenvalue weighted by Gasteiger charge is 2.44. The third-order valence-electron chi connectivity index (χ3n) is 4.55. The van der Waals surface area contributed by atoms with E-state index in [1.807, 2.05) is 19.1 Å². The van der Waals surface area contributed by atoms with E-state index in [9.17, 15) is 19.2 Å². The van der Waals surface area contributed by atoms with Crippen LogP contribution in [0.5, 0.6) is 0 Å². The van der Waals surface area contributed by atoms with E-state index in [0.29, 0.717) is 22.9 Å². The number of nitrogens with one attached hydrogen (secondary N) is 1. The lowest BCUT2D eigenvalue weighted by molar-refractivity contribution is -0.143. The second-order valence-electron chi connectivity index (χ2n) is 6.46. The summed E-state index contributed by atoms with van der Waals surface area (Å²) in [7, 11) is 0. The zero-order chi connectivity index (χ0) is 19.3. The van der Waals surface area contributed by atoms with Gasteiger partial charge in [0.15, 0.2) is 0 Å². The first-order valence-electron chi connectivity index (χ1n) is 8.96. The van der Waals surface area contributed by atoms with Gasteiger partial charge in [0.25, 0.3) is 0 Å². The van der Waals surface area contributed by atoms with Crippen LogP contribution in [0.4, 0.5) is 10.5 Å². The molecule has 1 aromatic rings. The minimum Gasteiger partial charge on any atom is -0.325 e. The van der Waals surface area contributed by atoms with Gasteiger partial charge in [0.2, 0.25) is 5.91 Å². The average molecular weight is 359 g/mol. The maximum absolute atomic E-state index is 12.2. The van der Waals surface area contributed by atoms with Gasteiger partial charge in [-0.3, -0.25) is 19.3 Å². The fraction of sp³-hybridized carbons (Fsp3) is 0.474. The fourth-order valence-corrected chi connectivity index (χ4v) is 2.68. The molecule has 0 aromatic heterocycles. The molecular formula is C19H25N3O4. The Bertz CT molecular complexity index is 699. The SMILES string of the molecule is CCCCN1C(=O)C(=O)N(CC(=O)Nc2ccc([C@@H](C)CC)cc2)C1=O. The smallest absolute Gasteiger partial charge is 0.325 e. The Balaban J connectivity index is 1.98. The molecule has 5 amide bonds. The molecule has 1 aliphatic heterocycles. The van der Waals surface area contributed by atoms with Crippen LogP contribution in [0.1, 0.15) is 51.5 Å². The van der Waals surface area contributed by atoms with Crippen molar-refractivity contribution in [3.63, 3.8) is 0 Å². The normalized spacial score (nSPS) is 15.6. The number of hydrogen-bond donors (Lipinski definition) is 1. The largest absolute Gasteiger partial charge is 0.334 e. The van der Waals surface area contributed by atoms with Gasteiger partial charge in [-0.2, -0.15) is 0 Å². The van der Waals surface area contributed by atoms with Crippen molar-refractivity contribution in [3.8, 4) is 0 Å². The molecule has 1 N–H and O–H groups in total. The highest BCUT2D eigenvalue weighted by Crippen LogP contribution is 2.20. The van der Waals surface area contributed by atoms with Crippen LogP contribution in [-0.4, -0.2) is 46.6 Å². The fourth-order valence-electron chi connectivity index (χ4n) is 2.68. The van der Waals surface area contributed by atoms with Crippen LogP contribution in [0.3, 0.4) is 0 Å². The molecule has 0 radical (unpaired) electrons. The lowest BCUT2D eigenvalue weighted by Crippen LogP contribution is -2.39. The first-order chi connectivity index (χ1) is 12.4. The first kappa shape index (κ1) is 19.6. The number of urea groups is 1. The molecule has 140 valence electrons. The molecule has 0 aliphatic carbocycles. The molecule has 2 rings (SSSR count). The van der Waals surface area contributed by atoms with E-state index >= 15 is 0 Å². The van der Waals surface area contributed by atoms with E-state index in [-0.39, 0.29) is 6.54 Å². The van der Waals surface area contributed by atoms with Gasteiger partial charge < -0.3 is 5.32 Å². The number of hydrogen-bond acceptors (Lipinski definition) is 4. The molecule has 26 heavy (non-hydrogen) atoms. The molecule has 0 bridgehead atoms. The van der Waals surface area contributed by atoms with E-state index in [4.69, 9.17) is 0 Å². The predicted molar refractivity (Wildman–Crippen MR) is 97.5 cm³/mol. The van der Waals surface area contributed by atoms with Crippen LogP contribution in [0.2, 0.25) is 0 Å². The highest BCUT2D eigenvalue weighted by atomic mass is 16.2. The van der Waals surface area contributed by atoms with Crippen molar-refractivity contribution in [3.05, 3.63) is 29.8 Å². The van der Waals surface area contributed by atoms with Crippen molar-refractivity contribution in [1.82, 2.24) is 9.80 Å². The number of amides is 5. The van der Waals surface area contributed by atoms with Crippen molar-refractivity contribution in [1.29, 1.82) is 0 Å². The molecule has 0 unspecified atom stereocenters. The molecule has 7 nitrogen and oxygen atoms in total. The lowest BCUT2D eigenvalue weighted by Gasteiger charge is -2.15. The van der Waals surface area contributed by atoms with E-state index in [1.54, 1.807) is 12.1 Å². The summed E-state index contributed by atoms with van der Waals surface area (Å²) in [6.07, 6.45) is 2.43. The molecule has 1 fully saturated rings. The van der Waals surface area contributed by atoms with Gasteiger partial charge in [-0.15, -0.1) is 0 Å². The van der Waals surface area contributed by atoms with Crippen LogP contribution in [-0.2, 0) is 14.4 Å². The second kappa shape index (κ2) is 8.60. The van der Waals surface area contributed by atoms with Gasteiger partial charge in [0, 0.05) is 12.2 Å². The van der Waals surface area contributed by atoms with Gasteiger partial charge in [0.05, 0.1) is 0 Å². The van der Waals surface area contributed by atoms with Crippen molar-refractivity contribution < 1.29 is 19.2 Å². The lowest BCUT2D eigenvalue weighted by atomic mass is 9.99. The Morgan fingerprint density at radius 3 is 2.23 bits per heavy atom. The van der Waals surface area contributed by atoms with E-state index in [2.05, 4.69) is 19.2 Å². The number of rotatable bonds is 8. The van der Waals surface area contributed by atoms with E-state index in [0.717, 1.165) is 17.7 Å². The van der Waals surface area contributed by atoms with Crippen molar-refractivity contribution in [2.24, 2.45) is 0 Å². The van der Waals surface area contributed by atoms with Crippen LogP contribution in [0.25, 0.3) is 0 Å². The number of nitrogens with zero attached hydrogens (tertiary/aromatic N) is 2. The van der Waals surface area contributed by atoms with E-state index in [1.165, 1.54) is 5.56 Å². The molecule has 0 saturated carbocycles. The van der Waals surface area contributed by atoms with Crippen molar-refractivity contribution in [2.45, 2.75) is 46.0 Å². The van der Waals surface area contributed by atoms with Crippen molar-refractivity contribution in [2.75, 3.05) is 18.4 Å². The summed E-state index contributed by atoms with van der Waals surface area (Å²) in [5.41, 5.74) is 1.75. The number of unbranched alkanes of at least 4 members (excludes halogenated alkanes) is 1. The predicted octanol–water partition coefficient (Wildman–Crippen LogP) is 2.73. The monoisotopic (exact) mass is 359 g/mol. The zero-order valence-corrected chi connectivity index (χ0v) is 15.4. The first-order valence-corrected chi connectivity index (χ1v) is 8.96. The Morgan fingerprint density at radius 2 is 1.65 bits per heavy atom. The maximum Gasteiger partial charge on any atom is 0.334 e. The van der Waals surface area contributed by atoms with Crippen LogP contribution >= 0.6 is 0 Å². The van der Waals surface area contributed by atoms with Gasteiger partial charge in [-0.05, 0) is 36.5 Å². The number of imide groups is 2. The molecule has 1 heterocycles. The number of carbonyl (C=O) groups excluding carboxylic acids is 4. The average Bonchev–Trinajstić information content (AvgIpc) is 2.83. The highest BCUT2D eigenvalue weighted by molar-refractivity contribution is 6.45. The summed E-state index contributed by atoms with van der Waals surface area (Å²) in [5, 5.41) is 2.65. The molecule has 1 aromatic carbocycles. The molecule has 1 aliphatic rings. The van der Waals surface area contributed by atoms with Crippen LogP contribution in [0.15, 0.2) is 24.3 Å². The summed E-state index contributed by atoms with van der Waals surface area (Å²) in [4.78, 5) is 49.8. The van der Waals surface area contributed by atoms with Gasteiger partial charge >= 0.3 is 17.8 Å². The molecule has 1 atom stereocenters. The molecular weight excluding hydrogens is 334 g/mol. The summed E-state index contributed by atoms with van der Waals surface area (Å²) in [6.45, 7) is 5.87. The standard InChI is InChI=1S/C19H25N3O4/c1-4-6-11-21-17(24)18(25)22(19(21)26)12-16(23)20-15-9-7-14(8-10-15)13(3)5-2/h7-10,13H,4-6,11-12H2,1-3H3,(H,20,23)/t13-/m0/s1. The van der Waals surface area contributed by atoms with Crippen molar-refractivity contribution >= 4 is 29.4 Å². The Morgan fingerprint density at radius 1 is 1.04 bits per heavy atom. The van der Waals surface area contributed by atoms with Crippen LogP contribution < -0.4 is 5.32 Å². The number of benzene rings is 1. The Labute approximate surface area is 153 Å². The van der Waals surface area contributed by atoms with Crippen LogP contribution in [0, 0.1) is 0 Å². The quantitative estimate of drug-likeness (QED) is 0.571. The molecule has 1 saturated heterocycles. The Kier molecular flexibility index (Phi) is 6.49. The van der Waals surface area contributed by atoms with Gasteiger partial charge in [0.1, 0.15) is 6.54 Å². The summed E-state index contributed by atoms with van der Waals surface area (Å²) < 4.78 is 0. The summed E-state index contributed by atoms with van der Waals surface area (Å²) in [5.74, 6) is -1.91. The minimum absolute atomic E-state index is 0.190. The summed E-state index contributed by atoms with van der Waals surface area (Å²) in [6, 6.07) is 6.71. The van der Waals surface area contributed by atoms with E-state index < -0.39 is 30.3 Å². The third-order valence-corrected chi connectivity index (χ3v) is 4.55. The minimum atomic E-state index is -0.951. The third kappa shape index (κ3) is 4.28. The topological polar surface area (TPSA) is 86.8 Å². The zero-order valence-electron chi connectivity index (χ0n) is 15.4. The summed E-state index contributed by atoms with van der Waals surface area (Å²) >= 11 is 0. The number of carbonyl (C=O) groups is 4. The Hall–Kier alpha value is -2.70. The molecule has 7 heteroatoms.